The third-order valence-electron chi connectivity index (χ3n) is 8.75. The molecule has 5 aromatic rings. The molecule has 0 aromatic heterocycles. The molecule has 4 amide bonds. The molecule has 0 aliphatic heterocycles. The number of phenols is 1. The summed E-state index contributed by atoms with van der Waals surface area (Å²) in [6, 6.07) is 27.1. The summed E-state index contributed by atoms with van der Waals surface area (Å²) in [6.45, 7) is 10.7. The first-order chi connectivity index (χ1) is 31.6. The molecule has 0 heterocycles. The molecule has 354 valence electrons. The van der Waals surface area contributed by atoms with E-state index in [1.54, 1.807) is 53.7 Å². The molecule has 67 heavy (non-hydrogen) atoms. The monoisotopic (exact) mass is 922 g/mol. The van der Waals surface area contributed by atoms with Crippen molar-refractivity contribution in [1.82, 2.24) is 0 Å². The minimum absolute atomic E-state index is 0.113. The second-order valence-electron chi connectivity index (χ2n) is 16.2. The van der Waals surface area contributed by atoms with E-state index in [1.807, 2.05) is 30.3 Å². The van der Waals surface area contributed by atoms with E-state index >= 15 is 0 Å². The summed E-state index contributed by atoms with van der Waals surface area (Å²) in [5.74, 6) is -1.58. The van der Waals surface area contributed by atoms with E-state index in [0.717, 1.165) is 5.56 Å². The number of rotatable bonds is 13. The van der Waals surface area contributed by atoms with Crippen LogP contribution in [0.3, 0.4) is 0 Å². The molecule has 18 heteroatoms. The van der Waals surface area contributed by atoms with Crippen LogP contribution in [0.4, 0.5) is 32.3 Å². The topological polar surface area (TPSA) is 235 Å². The van der Waals surface area contributed by atoms with Crippen molar-refractivity contribution in [3.8, 4) is 23.0 Å². The van der Waals surface area contributed by atoms with Crippen LogP contribution in [0, 0.1) is 0 Å². The van der Waals surface area contributed by atoms with Gasteiger partial charge in [0.05, 0.1) is 62.3 Å². The molecule has 0 aliphatic carbocycles. The SMILES string of the molecule is COC(=O)c1ccc(NC(=O)c2ccc(NC(=O)OC(C)(C)C)c(OC)c2)c(O)c1.COC(=O)c1ccc(NC(=O)c2ccc(NC(=O)OC(C)(C)C)c(OC)c2)c(OCc2ccccc2)c1. The van der Waals surface area contributed by atoms with Crippen LogP contribution in [-0.2, 0) is 25.6 Å². The van der Waals surface area contributed by atoms with E-state index < -0.39 is 47.1 Å². The highest BCUT2D eigenvalue weighted by Gasteiger charge is 2.21. The number of aromatic hydroxyl groups is 1. The number of carbonyl (C=O) groups is 6. The highest BCUT2D eigenvalue weighted by Crippen LogP contribution is 2.32. The number of methoxy groups -OCH3 is 4. The Bertz CT molecular complexity index is 2580. The second kappa shape index (κ2) is 23.1. The summed E-state index contributed by atoms with van der Waals surface area (Å²) < 4.78 is 36.4. The maximum absolute atomic E-state index is 13.1. The molecule has 0 unspecified atom stereocenters. The Morgan fingerprint density at radius 2 is 0.866 bits per heavy atom. The molecule has 0 atom stereocenters. The van der Waals surface area contributed by atoms with Gasteiger partial charge in [0, 0.05) is 11.1 Å². The third-order valence-corrected chi connectivity index (χ3v) is 8.75. The van der Waals surface area contributed by atoms with Crippen molar-refractivity contribution >= 4 is 58.7 Å². The molecule has 0 saturated carbocycles. The quantitative estimate of drug-likeness (QED) is 0.0420. The zero-order valence-corrected chi connectivity index (χ0v) is 38.8. The molecule has 5 aromatic carbocycles. The Labute approximate surface area is 387 Å². The van der Waals surface area contributed by atoms with Gasteiger partial charge in [0.15, 0.2) is 0 Å². The zero-order chi connectivity index (χ0) is 49.5. The van der Waals surface area contributed by atoms with Gasteiger partial charge in [0.1, 0.15) is 40.8 Å². The highest BCUT2D eigenvalue weighted by molar-refractivity contribution is 6.07. The number of hydrogen-bond acceptors (Lipinski definition) is 14. The van der Waals surface area contributed by atoms with Gasteiger partial charge in [-0.3, -0.25) is 20.2 Å². The summed E-state index contributed by atoms with van der Waals surface area (Å²) >= 11 is 0. The van der Waals surface area contributed by atoms with Crippen LogP contribution >= 0.6 is 0 Å². The maximum atomic E-state index is 13.1. The standard InChI is InChI=1S/C28H30N2O7.C21H24N2O7/c1-28(2,3)37-27(33)30-21-13-11-19(15-23(21)34-4)25(31)29-22-14-12-20(26(32)35-5)16-24(22)36-17-18-9-7-6-8-10-18;1-21(2,3)30-20(27)23-15-9-6-12(11-17(15)28-4)18(25)22-14-8-7-13(10-16(14)24)19(26)29-5/h6-16H,17H2,1-5H3,(H,29,31)(H,30,33);6-11,24H,1-5H3,(H,22,25)(H,23,27). The summed E-state index contributed by atoms with van der Waals surface area (Å²) in [6.07, 6.45) is -1.30. The zero-order valence-electron chi connectivity index (χ0n) is 38.8. The average Bonchev–Trinajstić information content (AvgIpc) is 3.28. The van der Waals surface area contributed by atoms with E-state index in [1.165, 1.54) is 89.1 Å². The van der Waals surface area contributed by atoms with Crippen molar-refractivity contribution in [2.24, 2.45) is 0 Å². The molecule has 5 rings (SSSR count). The number of amides is 4. The minimum Gasteiger partial charge on any atom is -0.506 e. The second-order valence-corrected chi connectivity index (χ2v) is 16.2. The Morgan fingerprint density at radius 3 is 1.28 bits per heavy atom. The van der Waals surface area contributed by atoms with E-state index in [0.29, 0.717) is 22.8 Å². The van der Waals surface area contributed by atoms with Crippen molar-refractivity contribution in [3.05, 3.63) is 131 Å². The Balaban J connectivity index is 0.000000299. The lowest BCUT2D eigenvalue weighted by Gasteiger charge is -2.20. The summed E-state index contributed by atoms with van der Waals surface area (Å²) in [4.78, 5) is 73.3. The van der Waals surface area contributed by atoms with Gasteiger partial charge in [0.25, 0.3) is 11.8 Å². The number of carbonyl (C=O) groups excluding carboxylic acids is 6. The van der Waals surface area contributed by atoms with Gasteiger partial charge >= 0.3 is 24.1 Å². The van der Waals surface area contributed by atoms with Crippen molar-refractivity contribution in [1.29, 1.82) is 0 Å². The van der Waals surface area contributed by atoms with E-state index in [9.17, 15) is 33.9 Å². The number of anilines is 4. The van der Waals surface area contributed by atoms with Crippen molar-refractivity contribution in [2.45, 2.75) is 59.4 Å². The van der Waals surface area contributed by atoms with Gasteiger partial charge in [-0.15, -0.1) is 0 Å². The third kappa shape index (κ3) is 15.7. The predicted octanol–water partition coefficient (Wildman–Crippen LogP) is 9.45. The highest BCUT2D eigenvalue weighted by atomic mass is 16.6. The summed E-state index contributed by atoms with van der Waals surface area (Å²) in [5.41, 5.74) is 1.66. The van der Waals surface area contributed by atoms with E-state index in [4.69, 9.17) is 28.4 Å². The number of esters is 2. The Kier molecular flexibility index (Phi) is 17.7. The minimum atomic E-state index is -0.666. The fourth-order valence-corrected chi connectivity index (χ4v) is 5.69. The van der Waals surface area contributed by atoms with Crippen molar-refractivity contribution in [3.63, 3.8) is 0 Å². The predicted molar refractivity (Wildman–Crippen MR) is 250 cm³/mol. The fraction of sp³-hybridized carbons (Fsp3) is 0.265. The van der Waals surface area contributed by atoms with Crippen LogP contribution in [0.25, 0.3) is 0 Å². The van der Waals surface area contributed by atoms with Gasteiger partial charge in [-0.05, 0) is 120 Å². The van der Waals surface area contributed by atoms with Crippen molar-refractivity contribution < 1.29 is 67.0 Å². The molecule has 0 aliphatic rings. The molecule has 0 fully saturated rings. The van der Waals surface area contributed by atoms with Gasteiger partial charge in [-0.2, -0.15) is 0 Å². The first-order valence-corrected chi connectivity index (χ1v) is 20.4. The molecule has 5 N–H and O–H groups in total. The molecule has 0 radical (unpaired) electrons. The van der Waals surface area contributed by atoms with E-state index in [2.05, 4.69) is 26.0 Å². The molecule has 0 spiro atoms. The van der Waals surface area contributed by atoms with Crippen molar-refractivity contribution in [2.75, 3.05) is 49.7 Å². The first kappa shape index (κ1) is 51.4. The maximum Gasteiger partial charge on any atom is 0.412 e. The number of hydrogen-bond donors (Lipinski definition) is 5. The summed E-state index contributed by atoms with van der Waals surface area (Å²) in [7, 11) is 5.34. The number of benzene rings is 5. The molecule has 0 bridgehead atoms. The van der Waals surface area contributed by atoms with Crippen LogP contribution in [-0.4, -0.2) is 80.7 Å². The molecule has 18 nitrogen and oxygen atoms in total. The van der Waals surface area contributed by atoms with Crippen LogP contribution < -0.4 is 35.5 Å². The van der Waals surface area contributed by atoms with Crippen LogP contribution in [0.15, 0.2) is 103 Å². The molecule has 0 saturated heterocycles. The molecular formula is C49H54N4O14. The lowest BCUT2D eigenvalue weighted by molar-refractivity contribution is 0.0591. The van der Waals surface area contributed by atoms with Gasteiger partial charge < -0.3 is 48.9 Å². The number of ether oxygens (including phenoxy) is 7. The van der Waals surface area contributed by atoms with Crippen LogP contribution in [0.1, 0.15) is 88.5 Å². The average molecular weight is 923 g/mol. The van der Waals surface area contributed by atoms with Gasteiger partial charge in [-0.25, -0.2) is 19.2 Å². The lowest BCUT2D eigenvalue weighted by atomic mass is 10.1. The smallest absolute Gasteiger partial charge is 0.412 e. The Morgan fingerprint density at radius 1 is 0.478 bits per heavy atom. The van der Waals surface area contributed by atoms with Crippen LogP contribution in [0.2, 0.25) is 0 Å². The fourth-order valence-electron chi connectivity index (χ4n) is 5.69. The van der Waals surface area contributed by atoms with E-state index in [-0.39, 0.29) is 51.8 Å². The number of phenolic OH excluding ortho intramolecular Hbond substituents is 1. The normalized spacial score (nSPS) is 10.7. The van der Waals surface area contributed by atoms with Gasteiger partial charge in [0.2, 0.25) is 0 Å². The summed E-state index contributed by atoms with van der Waals surface area (Å²) in [5, 5.41) is 20.6. The first-order valence-electron chi connectivity index (χ1n) is 20.4. The largest absolute Gasteiger partial charge is 0.506 e. The van der Waals surface area contributed by atoms with Gasteiger partial charge in [-0.1, -0.05) is 30.3 Å². The lowest BCUT2D eigenvalue weighted by Crippen LogP contribution is -2.27. The number of nitrogens with one attached hydrogen (secondary N) is 4. The van der Waals surface area contributed by atoms with Crippen LogP contribution in [0.5, 0.6) is 23.0 Å². The Hall–Kier alpha value is -8.28. The molecular weight excluding hydrogens is 869 g/mol.